The van der Waals surface area contributed by atoms with Gasteiger partial charge >= 0.3 is 0 Å². The Balaban J connectivity index is 2.38. The van der Waals surface area contributed by atoms with Crippen molar-refractivity contribution >= 4 is 29.4 Å². The third kappa shape index (κ3) is 2.38. The Bertz CT molecular complexity index is 538. The van der Waals surface area contributed by atoms with Crippen LogP contribution in [0.2, 0.25) is 10.0 Å². The fraction of sp³-hybridized carbons (Fsp3) is 0.154. The zero-order valence-electron chi connectivity index (χ0n) is 9.53. The summed E-state index contributed by atoms with van der Waals surface area (Å²) >= 11 is 12.3. The normalized spacial score (nSPS) is 10.5. The first kappa shape index (κ1) is 12.2. The number of nitrogens with zero attached hydrogens (tertiary/aromatic N) is 2. The SMILES string of the molecule is C=Cn1cc[n+](Cc2c(Cl)cccc2Cl)c1C. The molecule has 2 aromatic rings. The van der Waals surface area contributed by atoms with Crippen LogP contribution in [0.25, 0.3) is 6.20 Å². The second-order valence-corrected chi connectivity index (χ2v) is 4.58. The Morgan fingerprint density at radius 3 is 2.53 bits per heavy atom. The van der Waals surface area contributed by atoms with Gasteiger partial charge in [-0.15, -0.1) is 0 Å². The number of aromatic nitrogens is 2. The van der Waals surface area contributed by atoms with Crippen molar-refractivity contribution in [2.24, 2.45) is 0 Å². The molecule has 4 heteroatoms. The van der Waals surface area contributed by atoms with Crippen LogP contribution in [0.1, 0.15) is 11.4 Å². The molecule has 2 rings (SSSR count). The molecule has 0 spiro atoms. The first-order valence-electron chi connectivity index (χ1n) is 5.26. The van der Waals surface area contributed by atoms with Crippen molar-refractivity contribution in [3.8, 4) is 0 Å². The molecule has 0 amide bonds. The first-order chi connectivity index (χ1) is 8.13. The molecule has 0 saturated carbocycles. The minimum atomic E-state index is 0.658. The standard InChI is InChI=1S/C13H13Cl2N2/c1-3-16-7-8-17(10(16)2)9-11-12(14)5-4-6-13(11)15/h3-8H,1,9H2,2H3/q+1. The summed E-state index contributed by atoms with van der Waals surface area (Å²) < 4.78 is 4.03. The first-order valence-corrected chi connectivity index (χ1v) is 6.01. The van der Waals surface area contributed by atoms with Crippen LogP contribution in [0.3, 0.4) is 0 Å². The summed E-state index contributed by atoms with van der Waals surface area (Å²) in [5.41, 5.74) is 0.936. The highest BCUT2D eigenvalue weighted by atomic mass is 35.5. The van der Waals surface area contributed by atoms with Crippen molar-refractivity contribution in [3.05, 3.63) is 58.6 Å². The largest absolute Gasteiger partial charge is 0.258 e. The van der Waals surface area contributed by atoms with Gasteiger partial charge in [0.1, 0.15) is 18.9 Å². The lowest BCUT2D eigenvalue weighted by Crippen LogP contribution is -2.36. The highest BCUT2D eigenvalue weighted by molar-refractivity contribution is 6.35. The molecule has 88 valence electrons. The summed E-state index contributed by atoms with van der Waals surface area (Å²) in [6.07, 6.45) is 5.70. The molecule has 2 nitrogen and oxygen atoms in total. The molecule has 0 aliphatic carbocycles. The number of rotatable bonds is 3. The van der Waals surface area contributed by atoms with E-state index in [0.29, 0.717) is 16.6 Å². The van der Waals surface area contributed by atoms with Crippen LogP contribution in [0.4, 0.5) is 0 Å². The molecule has 0 unspecified atom stereocenters. The second kappa shape index (κ2) is 4.94. The lowest BCUT2D eigenvalue weighted by Gasteiger charge is -2.05. The van der Waals surface area contributed by atoms with Crippen LogP contribution >= 0.6 is 23.2 Å². The third-order valence-corrected chi connectivity index (χ3v) is 3.49. The smallest absolute Gasteiger partial charge is 0.230 e. The quantitative estimate of drug-likeness (QED) is 0.753. The van der Waals surface area contributed by atoms with Gasteiger partial charge in [-0.05, 0) is 12.1 Å². The lowest BCUT2D eigenvalue weighted by atomic mass is 10.2. The van der Waals surface area contributed by atoms with Crippen molar-refractivity contribution in [2.75, 3.05) is 0 Å². The van der Waals surface area contributed by atoms with Gasteiger partial charge < -0.3 is 0 Å². The van der Waals surface area contributed by atoms with Gasteiger partial charge in [0.2, 0.25) is 0 Å². The maximum Gasteiger partial charge on any atom is 0.258 e. The van der Waals surface area contributed by atoms with Crippen LogP contribution in [0.15, 0.2) is 37.2 Å². The predicted octanol–water partition coefficient (Wildman–Crippen LogP) is 3.54. The van der Waals surface area contributed by atoms with E-state index in [4.69, 9.17) is 23.2 Å². The Morgan fingerprint density at radius 2 is 2.00 bits per heavy atom. The highest BCUT2D eigenvalue weighted by Gasteiger charge is 2.14. The zero-order valence-corrected chi connectivity index (χ0v) is 11.0. The van der Waals surface area contributed by atoms with Gasteiger partial charge in [0.15, 0.2) is 0 Å². The monoisotopic (exact) mass is 267 g/mol. The maximum atomic E-state index is 6.15. The average Bonchev–Trinajstić information content (AvgIpc) is 2.65. The van der Waals surface area contributed by atoms with E-state index in [1.807, 2.05) is 42.1 Å². The highest BCUT2D eigenvalue weighted by Crippen LogP contribution is 2.23. The van der Waals surface area contributed by atoms with Gasteiger partial charge in [-0.3, -0.25) is 0 Å². The van der Waals surface area contributed by atoms with Crippen molar-refractivity contribution in [2.45, 2.75) is 13.5 Å². The van der Waals surface area contributed by atoms with Gasteiger partial charge in [-0.1, -0.05) is 35.8 Å². The number of benzene rings is 1. The fourth-order valence-electron chi connectivity index (χ4n) is 1.73. The van der Waals surface area contributed by atoms with Gasteiger partial charge in [-0.2, -0.15) is 0 Å². The molecule has 1 aromatic carbocycles. The summed E-state index contributed by atoms with van der Waals surface area (Å²) in [6, 6.07) is 5.55. The van der Waals surface area contributed by atoms with Crippen LogP contribution < -0.4 is 4.57 Å². The maximum absolute atomic E-state index is 6.15. The van der Waals surface area contributed by atoms with E-state index in [-0.39, 0.29) is 0 Å². The van der Waals surface area contributed by atoms with E-state index in [2.05, 4.69) is 11.1 Å². The molecule has 0 fully saturated rings. The molecule has 0 radical (unpaired) electrons. The minimum absolute atomic E-state index is 0.658. The van der Waals surface area contributed by atoms with E-state index in [9.17, 15) is 0 Å². The topological polar surface area (TPSA) is 8.81 Å². The summed E-state index contributed by atoms with van der Waals surface area (Å²) in [7, 11) is 0. The Kier molecular flexibility index (Phi) is 3.55. The summed E-state index contributed by atoms with van der Waals surface area (Å²) in [6.45, 7) is 6.42. The number of hydrogen-bond donors (Lipinski definition) is 0. The van der Waals surface area contributed by atoms with E-state index in [1.54, 1.807) is 6.20 Å². The van der Waals surface area contributed by atoms with E-state index < -0.39 is 0 Å². The molecule has 0 aliphatic rings. The molecule has 0 atom stereocenters. The van der Waals surface area contributed by atoms with Crippen molar-refractivity contribution in [1.29, 1.82) is 0 Å². The molecule has 1 heterocycles. The van der Waals surface area contributed by atoms with Crippen LogP contribution in [-0.2, 0) is 6.54 Å². The van der Waals surface area contributed by atoms with Gasteiger partial charge in [0, 0.05) is 22.5 Å². The predicted molar refractivity (Wildman–Crippen MR) is 71.3 cm³/mol. The number of hydrogen-bond acceptors (Lipinski definition) is 0. The van der Waals surface area contributed by atoms with Crippen LogP contribution in [0, 0.1) is 6.92 Å². The summed E-state index contributed by atoms with van der Waals surface area (Å²) in [4.78, 5) is 0. The van der Waals surface area contributed by atoms with Crippen molar-refractivity contribution < 1.29 is 4.57 Å². The van der Waals surface area contributed by atoms with E-state index >= 15 is 0 Å². The Hall–Kier alpha value is -1.25. The zero-order chi connectivity index (χ0) is 12.4. The Morgan fingerprint density at radius 1 is 1.35 bits per heavy atom. The molecular weight excluding hydrogens is 255 g/mol. The van der Waals surface area contributed by atoms with Crippen molar-refractivity contribution in [3.63, 3.8) is 0 Å². The minimum Gasteiger partial charge on any atom is -0.230 e. The molecule has 0 aliphatic heterocycles. The number of imidazole rings is 1. The number of halogens is 2. The molecule has 0 bridgehead atoms. The molecule has 0 saturated heterocycles. The van der Waals surface area contributed by atoms with Crippen LogP contribution in [0.5, 0.6) is 0 Å². The second-order valence-electron chi connectivity index (χ2n) is 3.76. The third-order valence-electron chi connectivity index (χ3n) is 2.78. The van der Waals surface area contributed by atoms with Gasteiger partial charge in [0.25, 0.3) is 5.82 Å². The fourth-order valence-corrected chi connectivity index (χ4v) is 2.25. The molecule has 0 N–H and O–H groups in total. The molecule has 1 aromatic heterocycles. The molecule has 17 heavy (non-hydrogen) atoms. The summed E-state index contributed by atoms with van der Waals surface area (Å²) in [5.74, 6) is 1.08. The van der Waals surface area contributed by atoms with Gasteiger partial charge in [0.05, 0.1) is 6.20 Å². The van der Waals surface area contributed by atoms with E-state index in [1.165, 1.54) is 0 Å². The van der Waals surface area contributed by atoms with Gasteiger partial charge in [-0.25, -0.2) is 9.13 Å². The molecular formula is C13H13Cl2N2+. The van der Waals surface area contributed by atoms with E-state index in [0.717, 1.165) is 11.4 Å². The summed E-state index contributed by atoms with van der Waals surface area (Å²) in [5, 5.41) is 1.38. The average molecular weight is 268 g/mol. The van der Waals surface area contributed by atoms with Crippen molar-refractivity contribution in [1.82, 2.24) is 4.57 Å². The Labute approximate surface area is 111 Å². The lowest BCUT2D eigenvalue weighted by molar-refractivity contribution is -0.693. The van der Waals surface area contributed by atoms with Crippen LogP contribution in [-0.4, -0.2) is 4.57 Å².